The first-order valence-corrected chi connectivity index (χ1v) is 6.60. The summed E-state index contributed by atoms with van der Waals surface area (Å²) < 4.78 is 4.86. The van der Waals surface area contributed by atoms with Gasteiger partial charge in [0, 0.05) is 7.05 Å². The Balaban J connectivity index is 2.12. The van der Waals surface area contributed by atoms with Crippen LogP contribution in [-0.4, -0.2) is 47.4 Å². The molecule has 8 heteroatoms. The van der Waals surface area contributed by atoms with Gasteiger partial charge in [-0.15, -0.1) is 11.3 Å². The van der Waals surface area contributed by atoms with E-state index in [1.54, 1.807) is 6.92 Å². The Bertz CT molecular complexity index is 528. The van der Waals surface area contributed by atoms with E-state index in [-0.39, 0.29) is 30.5 Å². The van der Waals surface area contributed by atoms with E-state index in [2.05, 4.69) is 10.3 Å². The molecule has 1 atom stereocenters. The SMILES string of the molecule is CCOC(=O)c1ncsc1NC1CC(=O)N(C)C1=O. The summed E-state index contributed by atoms with van der Waals surface area (Å²) in [7, 11) is 1.44. The standard InChI is InChI=1S/C11H13N3O4S/c1-3-18-11(17)8-9(19-5-12-8)13-6-4-7(15)14(2)10(6)16/h5-6,13H,3-4H2,1-2H3. The van der Waals surface area contributed by atoms with Gasteiger partial charge in [0.1, 0.15) is 11.0 Å². The number of ether oxygens (including phenoxy) is 1. The Hall–Kier alpha value is -1.96. The molecule has 1 aromatic rings. The molecule has 2 heterocycles. The highest BCUT2D eigenvalue weighted by Crippen LogP contribution is 2.24. The number of esters is 1. The van der Waals surface area contributed by atoms with E-state index < -0.39 is 12.0 Å². The summed E-state index contributed by atoms with van der Waals surface area (Å²) in [6.07, 6.45) is 0.0789. The highest BCUT2D eigenvalue weighted by Gasteiger charge is 2.36. The van der Waals surface area contributed by atoms with Crippen molar-refractivity contribution in [3.8, 4) is 0 Å². The summed E-state index contributed by atoms with van der Waals surface area (Å²) in [5, 5.41) is 3.33. The maximum absolute atomic E-state index is 11.8. The molecule has 1 saturated heterocycles. The van der Waals surface area contributed by atoms with Crippen LogP contribution in [0.5, 0.6) is 0 Å². The molecule has 1 N–H and O–H groups in total. The third-order valence-electron chi connectivity index (χ3n) is 2.72. The number of likely N-dealkylation sites (N-methyl/N-ethyl adjacent to an activating group) is 1. The van der Waals surface area contributed by atoms with Crippen molar-refractivity contribution in [1.29, 1.82) is 0 Å². The van der Waals surface area contributed by atoms with E-state index in [1.807, 2.05) is 0 Å². The maximum Gasteiger partial charge on any atom is 0.360 e. The molecule has 1 fully saturated rings. The molecule has 7 nitrogen and oxygen atoms in total. The summed E-state index contributed by atoms with van der Waals surface area (Å²) in [5.74, 6) is -1.10. The zero-order chi connectivity index (χ0) is 14.0. The van der Waals surface area contributed by atoms with Crippen molar-refractivity contribution in [2.45, 2.75) is 19.4 Å². The van der Waals surface area contributed by atoms with Crippen molar-refractivity contribution in [3.05, 3.63) is 11.2 Å². The van der Waals surface area contributed by atoms with Gasteiger partial charge in [-0.05, 0) is 6.92 Å². The second-order valence-corrected chi connectivity index (χ2v) is 4.80. The number of carbonyl (C=O) groups is 3. The lowest BCUT2D eigenvalue weighted by Crippen LogP contribution is -2.32. The number of anilines is 1. The molecule has 1 aromatic heterocycles. The fourth-order valence-corrected chi connectivity index (χ4v) is 2.44. The minimum atomic E-state index is -0.647. The third-order valence-corrected chi connectivity index (χ3v) is 3.48. The number of amides is 2. The number of hydrogen-bond acceptors (Lipinski definition) is 7. The molecule has 19 heavy (non-hydrogen) atoms. The Morgan fingerprint density at radius 3 is 2.95 bits per heavy atom. The lowest BCUT2D eigenvalue weighted by molar-refractivity contribution is -0.136. The number of rotatable bonds is 4. The molecule has 0 bridgehead atoms. The van der Waals surface area contributed by atoms with Gasteiger partial charge in [-0.25, -0.2) is 9.78 Å². The summed E-state index contributed by atoms with van der Waals surface area (Å²) in [6.45, 7) is 1.95. The van der Waals surface area contributed by atoms with Crippen LogP contribution in [0.1, 0.15) is 23.8 Å². The van der Waals surface area contributed by atoms with Crippen LogP contribution < -0.4 is 5.32 Å². The molecule has 0 saturated carbocycles. The number of thiazole rings is 1. The fraction of sp³-hybridized carbons (Fsp3) is 0.455. The average molecular weight is 283 g/mol. The van der Waals surface area contributed by atoms with Gasteiger partial charge in [-0.1, -0.05) is 0 Å². The number of likely N-dealkylation sites (tertiary alicyclic amines) is 1. The quantitative estimate of drug-likeness (QED) is 0.639. The van der Waals surface area contributed by atoms with Gasteiger partial charge < -0.3 is 10.1 Å². The third kappa shape index (κ3) is 2.58. The van der Waals surface area contributed by atoms with Crippen LogP contribution in [0, 0.1) is 0 Å². The van der Waals surface area contributed by atoms with E-state index in [4.69, 9.17) is 4.74 Å². The predicted octanol–water partition coefficient (Wildman–Crippen LogP) is 0.489. The monoisotopic (exact) mass is 283 g/mol. The lowest BCUT2D eigenvalue weighted by Gasteiger charge is -2.11. The topological polar surface area (TPSA) is 88.6 Å². The first-order valence-electron chi connectivity index (χ1n) is 5.72. The minimum absolute atomic E-state index is 0.0789. The van der Waals surface area contributed by atoms with Gasteiger partial charge >= 0.3 is 5.97 Å². The largest absolute Gasteiger partial charge is 0.461 e. The van der Waals surface area contributed by atoms with Crippen molar-refractivity contribution >= 4 is 34.1 Å². The molecular weight excluding hydrogens is 270 g/mol. The number of aromatic nitrogens is 1. The van der Waals surface area contributed by atoms with E-state index in [0.717, 1.165) is 4.90 Å². The Kier molecular flexibility index (Phi) is 3.79. The zero-order valence-corrected chi connectivity index (χ0v) is 11.3. The Labute approximate surface area is 113 Å². The minimum Gasteiger partial charge on any atom is -0.461 e. The number of nitrogens with one attached hydrogen (secondary N) is 1. The van der Waals surface area contributed by atoms with Gasteiger partial charge in [0.2, 0.25) is 5.91 Å². The van der Waals surface area contributed by atoms with Crippen LogP contribution >= 0.6 is 11.3 Å². The smallest absolute Gasteiger partial charge is 0.360 e. The van der Waals surface area contributed by atoms with E-state index in [0.29, 0.717) is 5.00 Å². The molecule has 1 aliphatic rings. The fourth-order valence-electron chi connectivity index (χ4n) is 1.72. The number of imide groups is 1. The van der Waals surface area contributed by atoms with Crippen LogP contribution in [0.25, 0.3) is 0 Å². The molecule has 0 aromatic carbocycles. The van der Waals surface area contributed by atoms with Gasteiger partial charge in [-0.2, -0.15) is 0 Å². The zero-order valence-electron chi connectivity index (χ0n) is 10.5. The molecule has 1 unspecified atom stereocenters. The molecule has 1 aliphatic heterocycles. The highest BCUT2D eigenvalue weighted by molar-refractivity contribution is 7.14. The summed E-state index contributed by atoms with van der Waals surface area (Å²) >= 11 is 1.19. The second-order valence-electron chi connectivity index (χ2n) is 3.94. The molecule has 0 spiro atoms. The molecule has 0 radical (unpaired) electrons. The van der Waals surface area contributed by atoms with Crippen LogP contribution in [0.3, 0.4) is 0 Å². The lowest BCUT2D eigenvalue weighted by atomic mass is 10.2. The second kappa shape index (κ2) is 5.35. The van der Waals surface area contributed by atoms with Crippen molar-refractivity contribution in [2.24, 2.45) is 0 Å². The van der Waals surface area contributed by atoms with Crippen LogP contribution in [-0.2, 0) is 14.3 Å². The van der Waals surface area contributed by atoms with Crippen molar-refractivity contribution in [3.63, 3.8) is 0 Å². The normalized spacial score (nSPS) is 18.8. The van der Waals surface area contributed by atoms with E-state index in [1.165, 1.54) is 23.9 Å². The van der Waals surface area contributed by atoms with E-state index >= 15 is 0 Å². The van der Waals surface area contributed by atoms with Crippen molar-refractivity contribution in [1.82, 2.24) is 9.88 Å². The van der Waals surface area contributed by atoms with Crippen LogP contribution in [0.4, 0.5) is 5.00 Å². The molecule has 2 amide bonds. The van der Waals surface area contributed by atoms with Gasteiger partial charge in [-0.3, -0.25) is 14.5 Å². The summed E-state index contributed by atoms with van der Waals surface area (Å²) in [6, 6.07) is -0.647. The molecule has 2 rings (SSSR count). The first kappa shape index (κ1) is 13.5. The number of hydrogen-bond donors (Lipinski definition) is 1. The van der Waals surface area contributed by atoms with Gasteiger partial charge in [0.05, 0.1) is 18.5 Å². The number of nitrogens with zero attached hydrogens (tertiary/aromatic N) is 2. The van der Waals surface area contributed by atoms with Gasteiger partial charge in [0.25, 0.3) is 5.91 Å². The Morgan fingerprint density at radius 2 is 2.37 bits per heavy atom. The first-order chi connectivity index (χ1) is 9.04. The predicted molar refractivity (Wildman–Crippen MR) is 67.9 cm³/mol. The van der Waals surface area contributed by atoms with E-state index in [9.17, 15) is 14.4 Å². The maximum atomic E-state index is 11.8. The van der Waals surface area contributed by atoms with Crippen LogP contribution in [0.2, 0.25) is 0 Å². The van der Waals surface area contributed by atoms with Crippen molar-refractivity contribution in [2.75, 3.05) is 19.0 Å². The summed E-state index contributed by atoms with van der Waals surface area (Å²) in [5.41, 5.74) is 1.63. The average Bonchev–Trinajstić information content (AvgIpc) is 2.92. The van der Waals surface area contributed by atoms with Gasteiger partial charge in [0.15, 0.2) is 5.69 Å². The van der Waals surface area contributed by atoms with Crippen LogP contribution in [0.15, 0.2) is 5.51 Å². The molecule has 0 aliphatic carbocycles. The van der Waals surface area contributed by atoms with Crippen molar-refractivity contribution < 1.29 is 19.1 Å². The number of carbonyl (C=O) groups excluding carboxylic acids is 3. The molecular formula is C11H13N3O4S. The Morgan fingerprint density at radius 1 is 1.63 bits per heavy atom. The highest BCUT2D eigenvalue weighted by atomic mass is 32.1. The molecule has 102 valence electrons. The summed E-state index contributed by atoms with van der Waals surface area (Å²) in [4.78, 5) is 39.8.